The topological polar surface area (TPSA) is 67.7 Å². The van der Waals surface area contributed by atoms with Crippen LogP contribution in [0.5, 0.6) is 0 Å². The third-order valence-electron chi connectivity index (χ3n) is 7.63. The van der Waals surface area contributed by atoms with Crippen molar-refractivity contribution in [3.05, 3.63) is 66.1 Å². The molecule has 6 nitrogen and oxygen atoms in total. The fourth-order valence-electron chi connectivity index (χ4n) is 5.75. The van der Waals surface area contributed by atoms with E-state index in [4.69, 9.17) is 0 Å². The van der Waals surface area contributed by atoms with E-state index >= 15 is 0 Å². The van der Waals surface area contributed by atoms with E-state index in [1.807, 2.05) is 42.1 Å². The summed E-state index contributed by atoms with van der Waals surface area (Å²) in [5, 5.41) is 7.10. The lowest BCUT2D eigenvalue weighted by molar-refractivity contribution is 0.157. The van der Waals surface area contributed by atoms with Crippen molar-refractivity contribution in [2.75, 3.05) is 17.7 Å². The van der Waals surface area contributed by atoms with Crippen LogP contribution in [0.2, 0.25) is 0 Å². The number of pyridine rings is 1. The van der Waals surface area contributed by atoms with E-state index in [-0.39, 0.29) is 11.9 Å². The largest absolute Gasteiger partial charge is 0.388 e. The van der Waals surface area contributed by atoms with Gasteiger partial charge in [-0.3, -0.25) is 0 Å². The normalized spacial score (nSPS) is 21.4. The average Bonchev–Trinajstić information content (AvgIpc) is 3.23. The quantitative estimate of drug-likeness (QED) is 0.367. The third kappa shape index (κ3) is 4.22. The molecular weight excluding hydrogens is 446 g/mol. The minimum Gasteiger partial charge on any atom is -0.388 e. The SMILES string of the molecule is CNc1ccc(Cn2cc(-c3ncc(F)c(NC4CC5CCC4CC5)n3)c3cc(F)cnc32)cc1. The van der Waals surface area contributed by atoms with Crippen molar-refractivity contribution in [2.45, 2.75) is 44.7 Å². The number of benzene rings is 1. The highest BCUT2D eigenvalue weighted by Gasteiger charge is 2.36. The Balaban J connectivity index is 1.35. The molecule has 7 rings (SSSR count). The van der Waals surface area contributed by atoms with Crippen LogP contribution in [0.1, 0.15) is 37.7 Å². The van der Waals surface area contributed by atoms with E-state index in [1.54, 1.807) is 0 Å². The number of fused-ring (bicyclic) bond motifs is 4. The van der Waals surface area contributed by atoms with Crippen LogP contribution in [-0.4, -0.2) is 32.6 Å². The van der Waals surface area contributed by atoms with Gasteiger partial charge in [-0.05, 0) is 54.9 Å². The number of hydrogen-bond acceptors (Lipinski definition) is 5. The van der Waals surface area contributed by atoms with Crippen molar-refractivity contribution < 1.29 is 8.78 Å². The summed E-state index contributed by atoms with van der Waals surface area (Å²) in [6, 6.07) is 9.77. The van der Waals surface area contributed by atoms with Gasteiger partial charge in [0.1, 0.15) is 11.5 Å². The van der Waals surface area contributed by atoms with Gasteiger partial charge in [-0.15, -0.1) is 0 Å². The number of nitrogens with one attached hydrogen (secondary N) is 2. The van der Waals surface area contributed by atoms with Crippen molar-refractivity contribution in [1.29, 1.82) is 0 Å². The molecule has 3 heterocycles. The number of hydrogen-bond donors (Lipinski definition) is 2. The van der Waals surface area contributed by atoms with Gasteiger partial charge in [0.2, 0.25) is 0 Å². The van der Waals surface area contributed by atoms with Crippen molar-refractivity contribution in [1.82, 2.24) is 19.5 Å². The van der Waals surface area contributed by atoms with Crippen molar-refractivity contribution in [2.24, 2.45) is 11.8 Å². The summed E-state index contributed by atoms with van der Waals surface area (Å²) in [6.45, 7) is 0.552. The summed E-state index contributed by atoms with van der Waals surface area (Å²) >= 11 is 0. The first-order chi connectivity index (χ1) is 17.1. The Labute approximate surface area is 202 Å². The van der Waals surface area contributed by atoms with Crippen LogP contribution in [0.25, 0.3) is 22.4 Å². The van der Waals surface area contributed by atoms with Crippen LogP contribution < -0.4 is 10.6 Å². The van der Waals surface area contributed by atoms with E-state index in [0.29, 0.717) is 34.9 Å². The molecule has 3 aliphatic carbocycles. The maximum atomic E-state index is 14.7. The van der Waals surface area contributed by atoms with Gasteiger partial charge in [0.25, 0.3) is 0 Å². The molecule has 4 aromatic rings. The van der Waals surface area contributed by atoms with Gasteiger partial charge in [-0.1, -0.05) is 25.0 Å². The van der Waals surface area contributed by atoms with Crippen LogP contribution >= 0.6 is 0 Å². The molecule has 2 N–H and O–H groups in total. The first kappa shape index (κ1) is 21.9. The van der Waals surface area contributed by atoms with Crippen molar-refractivity contribution in [3.8, 4) is 11.4 Å². The van der Waals surface area contributed by atoms with E-state index in [1.165, 1.54) is 44.1 Å². The number of anilines is 2. The highest BCUT2D eigenvalue weighted by molar-refractivity contribution is 5.92. The Morgan fingerprint density at radius 2 is 1.83 bits per heavy atom. The highest BCUT2D eigenvalue weighted by atomic mass is 19.1. The smallest absolute Gasteiger partial charge is 0.183 e. The molecule has 180 valence electrons. The molecular formula is C27H28F2N6. The number of aromatic nitrogens is 4. The molecule has 3 fully saturated rings. The molecule has 1 atom stereocenters. The van der Waals surface area contributed by atoms with Gasteiger partial charge in [0, 0.05) is 42.5 Å². The molecule has 0 saturated heterocycles. The average molecular weight is 475 g/mol. The third-order valence-corrected chi connectivity index (χ3v) is 7.63. The summed E-state index contributed by atoms with van der Waals surface area (Å²) in [6.07, 6.45) is 10.3. The lowest BCUT2D eigenvalue weighted by Gasteiger charge is -2.42. The second kappa shape index (κ2) is 8.91. The second-order valence-electron chi connectivity index (χ2n) is 9.80. The van der Waals surface area contributed by atoms with E-state index in [2.05, 4.69) is 25.6 Å². The summed E-state index contributed by atoms with van der Waals surface area (Å²) in [5.74, 6) is 0.960. The van der Waals surface area contributed by atoms with E-state index < -0.39 is 11.6 Å². The molecule has 0 radical (unpaired) electrons. The summed E-state index contributed by atoms with van der Waals surface area (Å²) in [4.78, 5) is 13.2. The maximum Gasteiger partial charge on any atom is 0.183 e. The molecule has 0 spiro atoms. The second-order valence-corrected chi connectivity index (χ2v) is 9.80. The minimum atomic E-state index is -0.465. The number of nitrogens with zero attached hydrogens (tertiary/aromatic N) is 4. The van der Waals surface area contributed by atoms with Gasteiger partial charge in [-0.25, -0.2) is 23.7 Å². The molecule has 3 saturated carbocycles. The Hall–Kier alpha value is -3.55. The molecule has 0 aliphatic heterocycles. The zero-order chi connectivity index (χ0) is 23.9. The van der Waals surface area contributed by atoms with E-state index in [0.717, 1.165) is 23.6 Å². The molecule has 3 aliphatic rings. The first-order valence-corrected chi connectivity index (χ1v) is 12.3. The van der Waals surface area contributed by atoms with Crippen LogP contribution in [0.3, 0.4) is 0 Å². The summed E-state index contributed by atoms with van der Waals surface area (Å²) < 4.78 is 30.9. The molecule has 35 heavy (non-hydrogen) atoms. The first-order valence-electron chi connectivity index (χ1n) is 12.3. The number of rotatable bonds is 6. The van der Waals surface area contributed by atoms with Gasteiger partial charge in [0.05, 0.1) is 12.4 Å². The highest BCUT2D eigenvalue weighted by Crippen LogP contribution is 2.42. The maximum absolute atomic E-state index is 14.7. The predicted molar refractivity (Wildman–Crippen MR) is 133 cm³/mol. The zero-order valence-electron chi connectivity index (χ0n) is 19.6. The number of halogens is 2. The molecule has 1 unspecified atom stereocenters. The Morgan fingerprint density at radius 1 is 1.03 bits per heavy atom. The van der Waals surface area contributed by atoms with Gasteiger partial charge < -0.3 is 15.2 Å². The fraction of sp³-hybridized carbons (Fsp3) is 0.370. The fourth-order valence-corrected chi connectivity index (χ4v) is 5.75. The van der Waals surface area contributed by atoms with Gasteiger partial charge >= 0.3 is 0 Å². The van der Waals surface area contributed by atoms with Gasteiger partial charge in [0.15, 0.2) is 17.5 Å². The van der Waals surface area contributed by atoms with Crippen LogP contribution in [0.4, 0.5) is 20.3 Å². The van der Waals surface area contributed by atoms with E-state index in [9.17, 15) is 8.78 Å². The zero-order valence-corrected chi connectivity index (χ0v) is 19.6. The monoisotopic (exact) mass is 474 g/mol. The molecule has 8 heteroatoms. The Kier molecular flexibility index (Phi) is 5.59. The molecule has 2 bridgehead atoms. The lowest BCUT2D eigenvalue weighted by atomic mass is 9.68. The molecule has 0 amide bonds. The van der Waals surface area contributed by atoms with Gasteiger partial charge in [-0.2, -0.15) is 0 Å². The van der Waals surface area contributed by atoms with Crippen LogP contribution in [0, 0.1) is 23.5 Å². The Bertz CT molecular complexity index is 1360. The van der Waals surface area contributed by atoms with Crippen LogP contribution in [0.15, 0.2) is 48.9 Å². The summed E-state index contributed by atoms with van der Waals surface area (Å²) in [5.41, 5.74) is 3.37. The van der Waals surface area contributed by atoms with Crippen molar-refractivity contribution >= 4 is 22.5 Å². The molecule has 1 aromatic carbocycles. The predicted octanol–water partition coefficient (Wildman–Crippen LogP) is 5.85. The van der Waals surface area contributed by atoms with Crippen LogP contribution in [-0.2, 0) is 6.54 Å². The standard InChI is InChI=1S/C27H28F2N6/c1-30-20-8-4-17(5-9-20)14-35-15-22(21-11-19(28)12-32-27(21)35)25-31-13-23(29)26(34-25)33-24-10-16-2-6-18(24)7-3-16/h4-5,8-9,11-13,15-16,18,24,30H,2-3,6-7,10,14H2,1H3,(H,31,33,34). The minimum absolute atomic E-state index is 0.223. The Morgan fingerprint density at radius 3 is 2.54 bits per heavy atom. The lowest BCUT2D eigenvalue weighted by Crippen LogP contribution is -2.40. The summed E-state index contributed by atoms with van der Waals surface area (Å²) in [7, 11) is 1.88. The van der Waals surface area contributed by atoms with Crippen molar-refractivity contribution in [3.63, 3.8) is 0 Å². The molecule has 3 aromatic heterocycles.